The first kappa shape index (κ1) is 18.0. The van der Waals surface area contributed by atoms with E-state index in [1.807, 2.05) is 6.07 Å². The number of carbonyl (C=O) groups is 1. The summed E-state index contributed by atoms with van der Waals surface area (Å²) >= 11 is 0. The Morgan fingerprint density at radius 1 is 1.08 bits per heavy atom. The average Bonchev–Trinajstić information content (AvgIpc) is 2.65. The number of hydrogen-bond donors (Lipinski definition) is 3. The van der Waals surface area contributed by atoms with Crippen molar-refractivity contribution in [1.82, 2.24) is 5.32 Å². The van der Waals surface area contributed by atoms with Gasteiger partial charge in [0.1, 0.15) is 11.3 Å². The van der Waals surface area contributed by atoms with Gasteiger partial charge < -0.3 is 15.5 Å². The lowest BCUT2D eigenvalue weighted by atomic mass is 9.99. The predicted octanol–water partition coefficient (Wildman–Crippen LogP) is 4.53. The van der Waals surface area contributed by atoms with E-state index < -0.39 is 5.97 Å². The molecule has 0 aromatic heterocycles. The van der Waals surface area contributed by atoms with Crippen LogP contribution in [0.2, 0.25) is 0 Å². The fraction of sp³-hybridized carbons (Fsp3) is 0.227. The van der Waals surface area contributed by atoms with E-state index in [9.17, 15) is 9.90 Å². The first-order valence-corrected chi connectivity index (χ1v) is 8.82. The number of fused-ring (bicyclic) bond motifs is 1. The minimum Gasteiger partial charge on any atom is -0.507 e. The van der Waals surface area contributed by atoms with Gasteiger partial charge in [-0.25, -0.2) is 4.79 Å². The van der Waals surface area contributed by atoms with Crippen LogP contribution >= 0.6 is 0 Å². The van der Waals surface area contributed by atoms with Gasteiger partial charge in [0.25, 0.3) is 0 Å². The molecule has 134 valence electrons. The summed E-state index contributed by atoms with van der Waals surface area (Å²) in [4.78, 5) is 11.1. The molecule has 0 unspecified atom stereocenters. The van der Waals surface area contributed by atoms with Crippen LogP contribution in [0, 0.1) is 0 Å². The minimum absolute atomic E-state index is 0.0421. The van der Waals surface area contributed by atoms with Crippen molar-refractivity contribution in [2.24, 2.45) is 0 Å². The van der Waals surface area contributed by atoms with Gasteiger partial charge in [0.15, 0.2) is 0 Å². The van der Waals surface area contributed by atoms with E-state index in [-0.39, 0.29) is 17.4 Å². The van der Waals surface area contributed by atoms with Crippen LogP contribution in [0.1, 0.15) is 40.9 Å². The minimum atomic E-state index is -1.10. The standard InChI is InChI=1S/C22H23NO3/c1-15(18-10-4-8-17-7-2-3-9-19(17)18)23-13-5-6-16-11-12-21(24)20(14-16)22(25)26/h2-4,7-12,14-15,23-24H,5-6,13H2,1H3,(H,25,26)/t15-/m1/s1. The Morgan fingerprint density at radius 3 is 2.65 bits per heavy atom. The highest BCUT2D eigenvalue weighted by atomic mass is 16.4. The van der Waals surface area contributed by atoms with Gasteiger partial charge in [-0.3, -0.25) is 0 Å². The van der Waals surface area contributed by atoms with Crippen molar-refractivity contribution in [1.29, 1.82) is 0 Å². The molecule has 0 amide bonds. The van der Waals surface area contributed by atoms with Crippen molar-refractivity contribution in [3.63, 3.8) is 0 Å². The first-order valence-electron chi connectivity index (χ1n) is 8.82. The molecule has 0 bridgehead atoms. The highest BCUT2D eigenvalue weighted by Gasteiger charge is 2.11. The number of aromatic hydroxyl groups is 1. The molecule has 0 saturated heterocycles. The molecule has 0 heterocycles. The molecule has 0 fully saturated rings. The molecule has 4 heteroatoms. The maximum absolute atomic E-state index is 11.1. The molecule has 0 aliphatic heterocycles. The molecule has 0 saturated carbocycles. The lowest BCUT2D eigenvalue weighted by Crippen LogP contribution is -2.20. The third kappa shape index (κ3) is 4.03. The van der Waals surface area contributed by atoms with E-state index in [0.29, 0.717) is 0 Å². The number of benzene rings is 3. The van der Waals surface area contributed by atoms with Crippen molar-refractivity contribution < 1.29 is 15.0 Å². The summed E-state index contributed by atoms with van der Waals surface area (Å²) in [5.74, 6) is -1.30. The Bertz CT molecular complexity index is 915. The second-order valence-corrected chi connectivity index (χ2v) is 6.50. The van der Waals surface area contributed by atoms with Gasteiger partial charge in [-0.2, -0.15) is 0 Å². The summed E-state index contributed by atoms with van der Waals surface area (Å²) in [5.41, 5.74) is 2.15. The van der Waals surface area contributed by atoms with E-state index in [4.69, 9.17) is 5.11 Å². The maximum Gasteiger partial charge on any atom is 0.339 e. The van der Waals surface area contributed by atoms with Crippen LogP contribution in [0.5, 0.6) is 5.75 Å². The van der Waals surface area contributed by atoms with E-state index >= 15 is 0 Å². The van der Waals surface area contributed by atoms with E-state index in [0.717, 1.165) is 24.9 Å². The summed E-state index contributed by atoms with van der Waals surface area (Å²) in [7, 11) is 0. The Labute approximate surface area is 153 Å². The third-order valence-corrected chi connectivity index (χ3v) is 4.67. The fourth-order valence-electron chi connectivity index (χ4n) is 3.26. The first-order chi connectivity index (χ1) is 12.6. The monoisotopic (exact) mass is 349 g/mol. The number of rotatable bonds is 7. The molecular formula is C22H23NO3. The quantitative estimate of drug-likeness (QED) is 0.548. The summed E-state index contributed by atoms with van der Waals surface area (Å²) in [6, 6.07) is 19.7. The fourth-order valence-corrected chi connectivity index (χ4v) is 3.26. The van der Waals surface area contributed by atoms with Gasteiger partial charge >= 0.3 is 5.97 Å². The molecule has 3 N–H and O–H groups in total. The lowest BCUT2D eigenvalue weighted by molar-refractivity contribution is 0.0693. The Balaban J connectivity index is 1.58. The number of phenols is 1. The molecule has 0 spiro atoms. The van der Waals surface area contributed by atoms with Crippen molar-refractivity contribution in [2.45, 2.75) is 25.8 Å². The molecule has 3 aromatic carbocycles. The van der Waals surface area contributed by atoms with Crippen molar-refractivity contribution >= 4 is 16.7 Å². The zero-order valence-corrected chi connectivity index (χ0v) is 14.8. The smallest absolute Gasteiger partial charge is 0.339 e. The molecule has 0 aliphatic rings. The molecule has 0 aliphatic carbocycles. The summed E-state index contributed by atoms with van der Waals surface area (Å²) in [5, 5.41) is 24.7. The highest BCUT2D eigenvalue weighted by Crippen LogP contribution is 2.24. The van der Waals surface area contributed by atoms with Crippen molar-refractivity contribution in [3.8, 4) is 5.75 Å². The van der Waals surface area contributed by atoms with Gasteiger partial charge in [0.05, 0.1) is 0 Å². The van der Waals surface area contributed by atoms with Crippen LogP contribution in [0.25, 0.3) is 10.8 Å². The Kier molecular flexibility index (Phi) is 5.54. The number of carboxylic acids is 1. The SMILES string of the molecule is C[C@@H](NCCCc1ccc(O)c(C(=O)O)c1)c1cccc2ccccc12. The summed E-state index contributed by atoms with van der Waals surface area (Å²) in [6.45, 7) is 2.98. The van der Waals surface area contributed by atoms with Crippen LogP contribution in [0.4, 0.5) is 0 Å². The third-order valence-electron chi connectivity index (χ3n) is 4.67. The second-order valence-electron chi connectivity index (χ2n) is 6.50. The second kappa shape index (κ2) is 8.02. The van der Waals surface area contributed by atoms with E-state index in [1.165, 1.54) is 22.4 Å². The molecule has 4 nitrogen and oxygen atoms in total. The van der Waals surface area contributed by atoms with Crippen LogP contribution in [-0.2, 0) is 6.42 Å². The van der Waals surface area contributed by atoms with Crippen LogP contribution in [0.15, 0.2) is 60.7 Å². The van der Waals surface area contributed by atoms with Crippen LogP contribution in [0.3, 0.4) is 0 Å². The van der Waals surface area contributed by atoms with E-state index in [1.54, 1.807) is 12.1 Å². The molecule has 26 heavy (non-hydrogen) atoms. The lowest BCUT2D eigenvalue weighted by Gasteiger charge is -2.16. The molecule has 3 aromatic rings. The molecular weight excluding hydrogens is 326 g/mol. The molecule has 3 rings (SSSR count). The number of aryl methyl sites for hydroxylation is 1. The number of carboxylic acid groups (broad SMARTS) is 1. The van der Waals surface area contributed by atoms with Crippen LogP contribution < -0.4 is 5.32 Å². The van der Waals surface area contributed by atoms with Gasteiger partial charge in [-0.1, -0.05) is 48.5 Å². The molecule has 0 radical (unpaired) electrons. The number of aromatic carboxylic acids is 1. The van der Waals surface area contributed by atoms with Gasteiger partial charge in [0.2, 0.25) is 0 Å². The largest absolute Gasteiger partial charge is 0.507 e. The predicted molar refractivity (Wildman–Crippen MR) is 104 cm³/mol. The zero-order chi connectivity index (χ0) is 18.5. The molecule has 1 atom stereocenters. The van der Waals surface area contributed by atoms with Crippen LogP contribution in [-0.4, -0.2) is 22.7 Å². The van der Waals surface area contributed by atoms with Gasteiger partial charge in [-0.05, 0) is 60.3 Å². The summed E-state index contributed by atoms with van der Waals surface area (Å²) in [6.07, 6.45) is 1.65. The van der Waals surface area contributed by atoms with Crippen molar-refractivity contribution in [2.75, 3.05) is 6.54 Å². The zero-order valence-electron chi connectivity index (χ0n) is 14.8. The van der Waals surface area contributed by atoms with E-state index in [2.05, 4.69) is 48.6 Å². The Hall–Kier alpha value is -2.85. The maximum atomic E-state index is 11.1. The number of hydrogen-bond acceptors (Lipinski definition) is 3. The average molecular weight is 349 g/mol. The van der Waals surface area contributed by atoms with Crippen molar-refractivity contribution in [3.05, 3.63) is 77.4 Å². The topological polar surface area (TPSA) is 69.6 Å². The Morgan fingerprint density at radius 2 is 1.85 bits per heavy atom. The van der Waals surface area contributed by atoms with Gasteiger partial charge in [0, 0.05) is 6.04 Å². The summed E-state index contributed by atoms with van der Waals surface area (Å²) < 4.78 is 0. The normalized spacial score (nSPS) is 12.2. The van der Waals surface area contributed by atoms with Gasteiger partial charge in [-0.15, -0.1) is 0 Å². The highest BCUT2D eigenvalue weighted by molar-refractivity contribution is 5.91. The number of nitrogens with one attached hydrogen (secondary N) is 1.